The summed E-state index contributed by atoms with van der Waals surface area (Å²) in [4.78, 5) is 39.7. The topological polar surface area (TPSA) is 126 Å². The molecular weight excluding hydrogens is 428 g/mol. The maximum Gasteiger partial charge on any atom is 0.331 e. The van der Waals surface area contributed by atoms with Gasteiger partial charge in [-0.15, -0.1) is 0 Å². The largest absolute Gasteiger partial charge is 0.494 e. The normalized spacial score (nSPS) is 16.7. The standard InChI is InChI=1S/C23H20N4O6/c1-13(28)27-17(15-7-8-18-19(9-15)33-12-32-18)10-16(25-27)20-21(29)24-23(31)26(22(20)30)11-14-5-3-2-4-6-14/h2-9,17,30H,10-12H2,1H3,(H,24,29,31)/t17-/m0/s1. The van der Waals surface area contributed by atoms with Crippen LogP contribution in [0.4, 0.5) is 0 Å². The Balaban J connectivity index is 1.54. The smallest absolute Gasteiger partial charge is 0.331 e. The van der Waals surface area contributed by atoms with Gasteiger partial charge < -0.3 is 14.6 Å². The van der Waals surface area contributed by atoms with Gasteiger partial charge in [-0.05, 0) is 23.3 Å². The molecule has 10 nitrogen and oxygen atoms in total. The average molecular weight is 448 g/mol. The Bertz CT molecular complexity index is 1390. The summed E-state index contributed by atoms with van der Waals surface area (Å²) in [5.74, 6) is 0.332. The summed E-state index contributed by atoms with van der Waals surface area (Å²) in [6.45, 7) is 1.55. The number of nitrogens with zero attached hydrogens (tertiary/aromatic N) is 3. The van der Waals surface area contributed by atoms with Crippen molar-refractivity contribution >= 4 is 11.6 Å². The molecule has 0 fully saturated rings. The minimum Gasteiger partial charge on any atom is -0.494 e. The highest BCUT2D eigenvalue weighted by molar-refractivity contribution is 6.04. The van der Waals surface area contributed by atoms with Crippen molar-refractivity contribution in [2.24, 2.45) is 5.10 Å². The lowest BCUT2D eigenvalue weighted by Gasteiger charge is -2.20. The molecule has 2 aliphatic rings. The molecule has 2 N–H and O–H groups in total. The maximum atomic E-state index is 12.7. The lowest BCUT2D eigenvalue weighted by molar-refractivity contribution is -0.130. The first kappa shape index (κ1) is 20.6. The Kier molecular flexibility index (Phi) is 4.97. The summed E-state index contributed by atoms with van der Waals surface area (Å²) in [5, 5.41) is 16.5. The summed E-state index contributed by atoms with van der Waals surface area (Å²) >= 11 is 0. The number of hydrazone groups is 1. The van der Waals surface area contributed by atoms with Gasteiger partial charge >= 0.3 is 5.69 Å². The third-order valence-corrected chi connectivity index (χ3v) is 5.66. The molecule has 2 aromatic carbocycles. The Morgan fingerprint density at radius 1 is 1.15 bits per heavy atom. The first-order valence-corrected chi connectivity index (χ1v) is 10.3. The molecule has 5 rings (SSSR count). The van der Waals surface area contributed by atoms with Crippen LogP contribution in [0.1, 0.15) is 36.1 Å². The Morgan fingerprint density at radius 3 is 2.67 bits per heavy atom. The molecule has 2 aliphatic heterocycles. The lowest BCUT2D eigenvalue weighted by atomic mass is 9.98. The van der Waals surface area contributed by atoms with Crippen molar-refractivity contribution in [3.05, 3.63) is 86.1 Å². The number of aromatic hydroxyl groups is 1. The predicted molar refractivity (Wildman–Crippen MR) is 118 cm³/mol. The fraction of sp³-hybridized carbons (Fsp3) is 0.217. The highest BCUT2D eigenvalue weighted by Crippen LogP contribution is 2.39. The zero-order valence-electron chi connectivity index (χ0n) is 17.6. The van der Waals surface area contributed by atoms with E-state index >= 15 is 0 Å². The number of hydrogen-bond acceptors (Lipinski definition) is 7. The molecule has 0 radical (unpaired) electrons. The number of amides is 1. The number of aromatic amines is 1. The van der Waals surface area contributed by atoms with Crippen molar-refractivity contribution < 1.29 is 19.4 Å². The van der Waals surface area contributed by atoms with Gasteiger partial charge in [-0.1, -0.05) is 36.4 Å². The first-order chi connectivity index (χ1) is 15.9. The van der Waals surface area contributed by atoms with E-state index in [-0.39, 0.29) is 36.9 Å². The van der Waals surface area contributed by atoms with Crippen molar-refractivity contribution in [3.63, 3.8) is 0 Å². The van der Waals surface area contributed by atoms with E-state index < -0.39 is 23.2 Å². The molecule has 168 valence electrons. The van der Waals surface area contributed by atoms with E-state index in [1.54, 1.807) is 30.3 Å². The molecule has 0 unspecified atom stereocenters. The van der Waals surface area contributed by atoms with Gasteiger partial charge in [-0.2, -0.15) is 5.10 Å². The van der Waals surface area contributed by atoms with Gasteiger partial charge in [-0.25, -0.2) is 9.80 Å². The molecule has 33 heavy (non-hydrogen) atoms. The van der Waals surface area contributed by atoms with Crippen LogP contribution in [0.5, 0.6) is 17.4 Å². The van der Waals surface area contributed by atoms with E-state index in [2.05, 4.69) is 10.1 Å². The van der Waals surface area contributed by atoms with Gasteiger partial charge in [0.05, 0.1) is 18.3 Å². The highest BCUT2D eigenvalue weighted by Gasteiger charge is 2.35. The summed E-state index contributed by atoms with van der Waals surface area (Å²) in [6.07, 6.45) is 0.166. The molecule has 0 spiro atoms. The molecule has 1 atom stereocenters. The minimum atomic E-state index is -0.768. The number of benzene rings is 2. The Hall–Kier alpha value is -4.34. The van der Waals surface area contributed by atoms with Crippen LogP contribution in [-0.2, 0) is 11.3 Å². The number of carbonyl (C=O) groups is 1. The molecule has 0 saturated carbocycles. The molecule has 3 heterocycles. The second-order valence-corrected chi connectivity index (χ2v) is 7.77. The third kappa shape index (κ3) is 3.65. The van der Waals surface area contributed by atoms with Crippen LogP contribution >= 0.6 is 0 Å². The van der Waals surface area contributed by atoms with Gasteiger partial charge in [0.25, 0.3) is 5.56 Å². The molecule has 1 aromatic heterocycles. The van der Waals surface area contributed by atoms with Gasteiger partial charge in [0.15, 0.2) is 11.5 Å². The van der Waals surface area contributed by atoms with Crippen LogP contribution in [0.15, 0.2) is 63.2 Å². The number of fused-ring (bicyclic) bond motifs is 1. The molecule has 3 aromatic rings. The van der Waals surface area contributed by atoms with Gasteiger partial charge in [0, 0.05) is 13.3 Å². The van der Waals surface area contributed by atoms with E-state index in [1.807, 2.05) is 18.2 Å². The highest BCUT2D eigenvalue weighted by atomic mass is 16.7. The van der Waals surface area contributed by atoms with Crippen LogP contribution in [0.25, 0.3) is 0 Å². The van der Waals surface area contributed by atoms with E-state index in [0.29, 0.717) is 11.5 Å². The maximum absolute atomic E-state index is 12.7. The second kappa shape index (κ2) is 7.97. The third-order valence-electron chi connectivity index (χ3n) is 5.66. The van der Waals surface area contributed by atoms with Crippen molar-refractivity contribution in [3.8, 4) is 17.4 Å². The molecular formula is C23H20N4O6. The zero-order chi connectivity index (χ0) is 23.1. The van der Waals surface area contributed by atoms with Gasteiger partial charge in [0.1, 0.15) is 5.56 Å². The second-order valence-electron chi connectivity index (χ2n) is 7.77. The molecule has 0 aliphatic carbocycles. The number of nitrogens with one attached hydrogen (secondary N) is 1. The quantitative estimate of drug-likeness (QED) is 0.626. The van der Waals surface area contributed by atoms with E-state index in [1.165, 1.54) is 11.9 Å². The van der Waals surface area contributed by atoms with Crippen molar-refractivity contribution in [1.82, 2.24) is 14.6 Å². The van der Waals surface area contributed by atoms with E-state index in [9.17, 15) is 19.5 Å². The molecule has 0 bridgehead atoms. The van der Waals surface area contributed by atoms with Gasteiger partial charge in [0.2, 0.25) is 18.6 Å². The van der Waals surface area contributed by atoms with Crippen molar-refractivity contribution in [2.45, 2.75) is 25.9 Å². The van der Waals surface area contributed by atoms with Crippen LogP contribution in [-0.4, -0.2) is 38.1 Å². The molecule has 1 amide bonds. The zero-order valence-corrected chi connectivity index (χ0v) is 17.6. The SMILES string of the molecule is CC(=O)N1N=C(c2c(O)n(Cc3ccccc3)c(=O)[nH]c2=O)C[C@H]1c1ccc2c(c1)OCO2. The predicted octanol–water partition coefficient (Wildman–Crippen LogP) is 1.72. The summed E-state index contributed by atoms with van der Waals surface area (Å²) < 4.78 is 11.8. The van der Waals surface area contributed by atoms with Crippen LogP contribution in [0.2, 0.25) is 0 Å². The monoisotopic (exact) mass is 448 g/mol. The van der Waals surface area contributed by atoms with E-state index in [0.717, 1.165) is 15.7 Å². The summed E-state index contributed by atoms with van der Waals surface area (Å²) in [5.41, 5.74) is 0.0647. The molecule has 10 heteroatoms. The minimum absolute atomic E-state index is 0.0601. The fourth-order valence-corrected chi connectivity index (χ4v) is 4.06. The van der Waals surface area contributed by atoms with E-state index in [4.69, 9.17) is 9.47 Å². The Morgan fingerprint density at radius 2 is 1.91 bits per heavy atom. The number of hydrogen-bond donors (Lipinski definition) is 2. The number of rotatable bonds is 4. The van der Waals surface area contributed by atoms with Crippen LogP contribution < -0.4 is 20.7 Å². The number of ether oxygens (including phenoxy) is 2. The molecule has 0 saturated heterocycles. The summed E-state index contributed by atoms with van der Waals surface area (Å²) in [7, 11) is 0. The Labute approximate surface area is 187 Å². The van der Waals surface area contributed by atoms with Crippen molar-refractivity contribution in [1.29, 1.82) is 0 Å². The lowest BCUT2D eigenvalue weighted by Crippen LogP contribution is -2.34. The fourth-order valence-electron chi connectivity index (χ4n) is 4.06. The van der Waals surface area contributed by atoms with Crippen LogP contribution in [0, 0.1) is 0 Å². The number of carbonyl (C=O) groups excluding carboxylic acids is 1. The number of aromatic nitrogens is 2. The van der Waals surface area contributed by atoms with Gasteiger partial charge in [-0.3, -0.25) is 19.1 Å². The van der Waals surface area contributed by atoms with Crippen molar-refractivity contribution in [2.75, 3.05) is 6.79 Å². The first-order valence-electron chi connectivity index (χ1n) is 10.3. The number of H-pyrrole nitrogens is 1. The summed E-state index contributed by atoms with van der Waals surface area (Å²) in [6, 6.07) is 13.9. The average Bonchev–Trinajstić information content (AvgIpc) is 3.44. The van der Waals surface area contributed by atoms with Crippen LogP contribution in [0.3, 0.4) is 0 Å².